The Kier molecular flexibility index (Phi) is 3.55. The first-order valence-corrected chi connectivity index (χ1v) is 6.97. The van der Waals surface area contributed by atoms with Crippen molar-refractivity contribution < 1.29 is 23.9 Å². The second-order valence-corrected chi connectivity index (χ2v) is 5.16. The van der Waals surface area contributed by atoms with Gasteiger partial charge in [0, 0.05) is 0 Å². The first-order chi connectivity index (χ1) is 10.5. The number of unbranched alkanes of at least 4 members (excludes halogenated alkanes) is 1. The summed E-state index contributed by atoms with van der Waals surface area (Å²) in [6, 6.07) is 2.19. The van der Waals surface area contributed by atoms with Crippen LogP contribution in [0.2, 0.25) is 0 Å². The van der Waals surface area contributed by atoms with Gasteiger partial charge in [-0.15, -0.1) is 0 Å². The van der Waals surface area contributed by atoms with E-state index in [1.165, 1.54) is 0 Å². The number of hydrogen-bond acceptors (Lipinski definition) is 6. The van der Waals surface area contributed by atoms with Crippen molar-refractivity contribution in [2.45, 2.75) is 25.3 Å². The predicted molar refractivity (Wildman–Crippen MR) is 75.4 cm³/mol. The summed E-state index contributed by atoms with van der Waals surface area (Å²) < 4.78 is 5.28. The van der Waals surface area contributed by atoms with Gasteiger partial charge in [0.15, 0.2) is 0 Å². The SMILES string of the molecule is NCCCC[C@@H](NN1C(=O)c2c(c3ccc2o3)C1=O)C(=O)O. The fourth-order valence-electron chi connectivity index (χ4n) is 2.60. The number of hydrogen-bond donors (Lipinski definition) is 3. The number of carboxylic acid groups (broad SMARTS) is 1. The molecule has 1 atom stereocenters. The van der Waals surface area contributed by atoms with E-state index in [1.807, 2.05) is 0 Å². The summed E-state index contributed by atoms with van der Waals surface area (Å²) in [7, 11) is 0. The van der Waals surface area contributed by atoms with Crippen LogP contribution >= 0.6 is 0 Å². The smallest absolute Gasteiger partial charge is 0.322 e. The molecule has 0 unspecified atom stereocenters. The standard InChI is InChI=1S/C14H15N3O5/c15-6-2-1-3-7(14(20)21)16-17-12(18)10-8-4-5-9(22-8)11(10)13(17)19/h4-5,7,16H,1-3,6,15H2,(H,20,21)/t7-/m1/s1. The van der Waals surface area contributed by atoms with Crippen LogP contribution in [0, 0.1) is 0 Å². The molecule has 1 aliphatic rings. The third-order valence-corrected chi connectivity index (χ3v) is 3.71. The number of carboxylic acids is 1. The van der Waals surface area contributed by atoms with Crippen LogP contribution in [0.15, 0.2) is 16.5 Å². The summed E-state index contributed by atoms with van der Waals surface area (Å²) in [6.07, 6.45) is 1.54. The number of benzene rings is 1. The topological polar surface area (TPSA) is 126 Å². The lowest BCUT2D eigenvalue weighted by Crippen LogP contribution is -2.51. The van der Waals surface area contributed by atoms with Crippen molar-refractivity contribution in [2.75, 3.05) is 6.54 Å². The number of furan rings is 2. The Labute approximate surface area is 125 Å². The van der Waals surface area contributed by atoms with Crippen molar-refractivity contribution in [3.05, 3.63) is 23.3 Å². The molecule has 0 fully saturated rings. The number of nitrogens with one attached hydrogen (secondary N) is 1. The lowest BCUT2D eigenvalue weighted by Gasteiger charge is -2.21. The Morgan fingerprint density at radius 2 is 1.82 bits per heavy atom. The molecular weight excluding hydrogens is 290 g/mol. The van der Waals surface area contributed by atoms with E-state index in [2.05, 4.69) is 5.43 Å². The molecule has 1 aliphatic heterocycles. The number of amides is 2. The fraction of sp³-hybridized carbons (Fsp3) is 0.357. The number of carbonyl (C=O) groups excluding carboxylic acids is 2. The van der Waals surface area contributed by atoms with E-state index >= 15 is 0 Å². The Balaban J connectivity index is 1.78. The van der Waals surface area contributed by atoms with Crippen LogP contribution in [-0.2, 0) is 4.79 Å². The minimum absolute atomic E-state index is 0.195. The van der Waals surface area contributed by atoms with Crippen molar-refractivity contribution in [3.63, 3.8) is 0 Å². The van der Waals surface area contributed by atoms with Crippen LogP contribution in [0.5, 0.6) is 0 Å². The fourth-order valence-corrected chi connectivity index (χ4v) is 2.60. The Morgan fingerprint density at radius 1 is 1.23 bits per heavy atom. The molecule has 0 saturated heterocycles. The zero-order valence-electron chi connectivity index (χ0n) is 11.7. The van der Waals surface area contributed by atoms with Crippen molar-refractivity contribution in [1.82, 2.24) is 10.4 Å². The Bertz CT molecular complexity index is 693. The van der Waals surface area contributed by atoms with Crippen molar-refractivity contribution >= 4 is 28.9 Å². The Hall–Kier alpha value is -2.45. The van der Waals surface area contributed by atoms with Gasteiger partial charge in [-0.1, -0.05) is 0 Å². The highest BCUT2D eigenvalue weighted by Crippen LogP contribution is 2.34. The second-order valence-electron chi connectivity index (χ2n) is 5.16. The number of aliphatic carboxylic acids is 1. The molecule has 0 aromatic carbocycles. The molecule has 2 aromatic rings. The van der Waals surface area contributed by atoms with Gasteiger partial charge in [-0.3, -0.25) is 14.4 Å². The molecular formula is C14H15N3O5. The molecule has 0 saturated carbocycles. The molecule has 2 amide bonds. The molecule has 0 aliphatic carbocycles. The average Bonchev–Trinajstić information content (AvgIpc) is 3.15. The van der Waals surface area contributed by atoms with Crippen LogP contribution in [-0.4, -0.2) is 40.5 Å². The van der Waals surface area contributed by atoms with Gasteiger partial charge in [-0.05, 0) is 37.9 Å². The highest BCUT2D eigenvalue weighted by molar-refractivity contribution is 6.27. The zero-order valence-corrected chi connectivity index (χ0v) is 11.7. The second kappa shape index (κ2) is 5.39. The molecule has 0 radical (unpaired) electrons. The first kappa shape index (κ1) is 14.5. The lowest BCUT2D eigenvalue weighted by atomic mass is 10.1. The van der Waals surface area contributed by atoms with Gasteiger partial charge in [0.05, 0.1) is 0 Å². The lowest BCUT2D eigenvalue weighted by molar-refractivity contribution is -0.140. The number of rotatable bonds is 7. The van der Waals surface area contributed by atoms with Crippen LogP contribution < -0.4 is 11.2 Å². The average molecular weight is 305 g/mol. The maximum atomic E-state index is 12.3. The summed E-state index contributed by atoms with van der Waals surface area (Å²) >= 11 is 0. The quantitative estimate of drug-likeness (QED) is 0.504. The van der Waals surface area contributed by atoms with E-state index < -0.39 is 23.8 Å². The van der Waals surface area contributed by atoms with Gasteiger partial charge in [0.2, 0.25) is 0 Å². The summed E-state index contributed by atoms with van der Waals surface area (Å²) in [5.41, 5.74) is 8.95. The van der Waals surface area contributed by atoms with Crippen molar-refractivity contribution in [1.29, 1.82) is 0 Å². The summed E-state index contributed by atoms with van der Waals surface area (Å²) in [5.74, 6) is -2.29. The van der Waals surface area contributed by atoms with E-state index in [9.17, 15) is 19.5 Å². The molecule has 4 N–H and O–H groups in total. The number of fused-ring (bicyclic) bond motifs is 5. The van der Waals surface area contributed by atoms with E-state index in [1.54, 1.807) is 12.1 Å². The summed E-state index contributed by atoms with van der Waals surface area (Å²) in [6.45, 7) is 0.462. The highest BCUT2D eigenvalue weighted by Gasteiger charge is 2.43. The Morgan fingerprint density at radius 3 is 2.32 bits per heavy atom. The molecule has 3 rings (SSSR count). The van der Waals surface area contributed by atoms with Crippen molar-refractivity contribution in [3.8, 4) is 0 Å². The number of hydrazine groups is 1. The van der Waals surface area contributed by atoms with E-state index in [0.29, 0.717) is 30.6 Å². The van der Waals surface area contributed by atoms with Gasteiger partial charge in [0.1, 0.15) is 28.3 Å². The highest BCUT2D eigenvalue weighted by atomic mass is 16.4. The van der Waals surface area contributed by atoms with Crippen molar-refractivity contribution in [2.24, 2.45) is 5.73 Å². The van der Waals surface area contributed by atoms with Crippen LogP contribution in [0.25, 0.3) is 11.2 Å². The number of nitrogens with zero attached hydrogens (tertiary/aromatic N) is 1. The molecule has 2 aromatic heterocycles. The monoisotopic (exact) mass is 305 g/mol. The first-order valence-electron chi connectivity index (χ1n) is 6.97. The minimum atomic E-state index is -1.12. The number of imide groups is 1. The van der Waals surface area contributed by atoms with Crippen LogP contribution in [0.4, 0.5) is 0 Å². The number of nitrogens with two attached hydrogens (primary N) is 1. The molecule has 2 bridgehead atoms. The van der Waals surface area contributed by atoms with Crippen LogP contribution in [0.3, 0.4) is 0 Å². The van der Waals surface area contributed by atoms with Gasteiger partial charge in [-0.25, -0.2) is 10.4 Å². The normalized spacial score (nSPS) is 15.8. The van der Waals surface area contributed by atoms with Gasteiger partial charge in [0.25, 0.3) is 11.8 Å². The largest absolute Gasteiger partial charge is 0.480 e. The van der Waals surface area contributed by atoms with E-state index in [0.717, 1.165) is 5.01 Å². The minimum Gasteiger partial charge on any atom is -0.480 e. The molecule has 22 heavy (non-hydrogen) atoms. The van der Waals surface area contributed by atoms with Gasteiger partial charge in [-0.2, -0.15) is 0 Å². The van der Waals surface area contributed by atoms with Gasteiger partial charge < -0.3 is 15.3 Å². The molecule has 8 heteroatoms. The van der Waals surface area contributed by atoms with Gasteiger partial charge >= 0.3 is 5.97 Å². The summed E-state index contributed by atoms with van der Waals surface area (Å²) in [5, 5.41) is 9.99. The number of carbonyl (C=O) groups is 3. The van der Waals surface area contributed by atoms with Crippen LogP contribution in [0.1, 0.15) is 40.0 Å². The van der Waals surface area contributed by atoms with E-state index in [4.69, 9.17) is 10.2 Å². The maximum Gasteiger partial charge on any atom is 0.322 e. The molecule has 3 heterocycles. The zero-order chi connectivity index (χ0) is 15.9. The molecule has 116 valence electrons. The summed E-state index contributed by atoms with van der Waals surface area (Å²) in [4.78, 5) is 35.9. The third kappa shape index (κ3) is 2.13. The maximum absolute atomic E-state index is 12.3. The molecule has 0 spiro atoms. The molecule has 8 nitrogen and oxygen atoms in total. The third-order valence-electron chi connectivity index (χ3n) is 3.71. The van der Waals surface area contributed by atoms with E-state index in [-0.39, 0.29) is 17.5 Å². The predicted octanol–water partition coefficient (Wildman–Crippen LogP) is 0.553.